The first-order chi connectivity index (χ1) is 5.54. The highest BCUT2D eigenvalue weighted by Gasteiger charge is 2.30. The van der Waals surface area contributed by atoms with Gasteiger partial charge in [-0.15, -0.1) is 0 Å². The van der Waals surface area contributed by atoms with Crippen LogP contribution in [0.3, 0.4) is 0 Å². The fraction of sp³-hybridized carbons (Fsp3) is 0.833. The van der Waals surface area contributed by atoms with Crippen LogP contribution < -0.4 is 0 Å². The summed E-state index contributed by atoms with van der Waals surface area (Å²) in [6.07, 6.45) is -5.82. The van der Waals surface area contributed by atoms with Crippen molar-refractivity contribution in [3.05, 3.63) is 0 Å². The lowest BCUT2D eigenvalue weighted by atomic mass is 10.1. The SMILES string of the molecule is C[C@H](O)[C@@H](O)[C@@H](O)[C@@H](C=O)OO. The van der Waals surface area contributed by atoms with Crippen LogP contribution in [0.1, 0.15) is 6.92 Å². The van der Waals surface area contributed by atoms with E-state index in [9.17, 15) is 4.79 Å². The molecule has 6 nitrogen and oxygen atoms in total. The van der Waals surface area contributed by atoms with Gasteiger partial charge in [0, 0.05) is 0 Å². The third-order valence-corrected chi connectivity index (χ3v) is 1.44. The van der Waals surface area contributed by atoms with Gasteiger partial charge in [-0.2, -0.15) is 0 Å². The number of hydrogen-bond donors (Lipinski definition) is 4. The molecule has 0 amide bonds. The van der Waals surface area contributed by atoms with Gasteiger partial charge >= 0.3 is 0 Å². The number of carbonyl (C=O) groups is 1. The monoisotopic (exact) mass is 180 g/mol. The molecule has 0 rings (SSSR count). The predicted molar refractivity (Wildman–Crippen MR) is 37.3 cm³/mol. The van der Waals surface area contributed by atoms with E-state index >= 15 is 0 Å². The Balaban J connectivity index is 4.14. The Morgan fingerprint density at radius 3 is 2.00 bits per heavy atom. The van der Waals surface area contributed by atoms with Crippen LogP contribution in [0.2, 0.25) is 0 Å². The van der Waals surface area contributed by atoms with Crippen LogP contribution in [0, 0.1) is 0 Å². The van der Waals surface area contributed by atoms with Crippen molar-refractivity contribution in [2.45, 2.75) is 31.3 Å². The Kier molecular flexibility index (Phi) is 4.95. The predicted octanol–water partition coefficient (Wildman–Crippen LogP) is -1.85. The van der Waals surface area contributed by atoms with E-state index in [-0.39, 0.29) is 6.29 Å². The van der Waals surface area contributed by atoms with Crippen molar-refractivity contribution >= 4 is 6.29 Å². The molecule has 72 valence electrons. The summed E-state index contributed by atoms with van der Waals surface area (Å²) in [7, 11) is 0. The second kappa shape index (κ2) is 5.18. The summed E-state index contributed by atoms with van der Waals surface area (Å²) < 4.78 is 0. The highest BCUT2D eigenvalue weighted by molar-refractivity contribution is 5.57. The second-order valence-electron chi connectivity index (χ2n) is 2.43. The molecule has 4 N–H and O–H groups in total. The smallest absolute Gasteiger partial charge is 0.176 e. The van der Waals surface area contributed by atoms with Crippen LogP contribution in [0.5, 0.6) is 0 Å². The first-order valence-electron chi connectivity index (χ1n) is 3.34. The first-order valence-corrected chi connectivity index (χ1v) is 3.34. The Bertz CT molecular complexity index is 136. The minimum absolute atomic E-state index is 0.121. The van der Waals surface area contributed by atoms with E-state index in [1.165, 1.54) is 6.92 Å². The molecule has 6 heteroatoms. The molecule has 0 aromatic rings. The van der Waals surface area contributed by atoms with Crippen molar-refractivity contribution in [1.29, 1.82) is 0 Å². The van der Waals surface area contributed by atoms with Crippen LogP contribution in [-0.4, -0.2) is 51.3 Å². The maximum Gasteiger partial charge on any atom is 0.176 e. The number of aldehydes is 1. The van der Waals surface area contributed by atoms with Gasteiger partial charge in [-0.1, -0.05) is 0 Å². The summed E-state index contributed by atoms with van der Waals surface area (Å²) in [6, 6.07) is 0. The van der Waals surface area contributed by atoms with Crippen molar-refractivity contribution in [1.82, 2.24) is 0 Å². The first kappa shape index (κ1) is 11.5. The minimum atomic E-state index is -1.65. The lowest BCUT2D eigenvalue weighted by molar-refractivity contribution is -0.292. The lowest BCUT2D eigenvalue weighted by Gasteiger charge is -2.22. The number of aliphatic hydroxyl groups is 3. The molecule has 0 saturated carbocycles. The molecule has 0 aromatic carbocycles. The maximum atomic E-state index is 10.1. The Morgan fingerprint density at radius 2 is 1.75 bits per heavy atom. The van der Waals surface area contributed by atoms with E-state index < -0.39 is 24.4 Å². The molecule has 0 aliphatic carbocycles. The molecule has 0 radical (unpaired) electrons. The van der Waals surface area contributed by atoms with Gasteiger partial charge in [-0.3, -0.25) is 5.26 Å². The summed E-state index contributed by atoms with van der Waals surface area (Å²) >= 11 is 0. The van der Waals surface area contributed by atoms with Crippen molar-refractivity contribution < 1.29 is 30.3 Å². The zero-order valence-electron chi connectivity index (χ0n) is 6.49. The van der Waals surface area contributed by atoms with Gasteiger partial charge < -0.3 is 20.1 Å². The fourth-order valence-corrected chi connectivity index (χ4v) is 0.647. The number of aliphatic hydroxyl groups excluding tert-OH is 3. The zero-order valence-corrected chi connectivity index (χ0v) is 6.49. The van der Waals surface area contributed by atoms with Crippen molar-refractivity contribution in [3.8, 4) is 0 Å². The highest BCUT2D eigenvalue weighted by Crippen LogP contribution is 2.05. The summed E-state index contributed by atoms with van der Waals surface area (Å²) in [5, 5.41) is 34.8. The number of carbonyl (C=O) groups excluding carboxylic acids is 1. The third-order valence-electron chi connectivity index (χ3n) is 1.44. The van der Waals surface area contributed by atoms with Crippen molar-refractivity contribution in [3.63, 3.8) is 0 Å². The standard InChI is InChI=1S/C6H12O6/c1-3(8)5(9)6(10)4(2-7)12-11/h2-6,8-11H,1H3/t3-,4+,5+,6-/m0/s1. The molecule has 12 heavy (non-hydrogen) atoms. The minimum Gasteiger partial charge on any atom is -0.391 e. The van der Waals surface area contributed by atoms with Crippen LogP contribution >= 0.6 is 0 Å². The fourth-order valence-electron chi connectivity index (χ4n) is 0.647. The summed E-state index contributed by atoms with van der Waals surface area (Å²) in [6.45, 7) is 1.23. The van der Waals surface area contributed by atoms with Gasteiger partial charge in [0.1, 0.15) is 12.2 Å². The second-order valence-corrected chi connectivity index (χ2v) is 2.43. The Labute approximate surface area is 68.9 Å². The molecular weight excluding hydrogens is 168 g/mol. The molecular formula is C6H12O6. The van der Waals surface area contributed by atoms with Gasteiger partial charge in [0.05, 0.1) is 6.10 Å². The molecule has 0 saturated heterocycles. The highest BCUT2D eigenvalue weighted by atomic mass is 17.1. The largest absolute Gasteiger partial charge is 0.391 e. The molecule has 4 atom stereocenters. The van der Waals surface area contributed by atoms with Crippen molar-refractivity contribution in [2.75, 3.05) is 0 Å². The van der Waals surface area contributed by atoms with E-state index in [2.05, 4.69) is 4.89 Å². The molecule has 0 aliphatic heterocycles. The van der Waals surface area contributed by atoms with Gasteiger partial charge in [-0.05, 0) is 6.92 Å². The van der Waals surface area contributed by atoms with E-state index in [1.807, 2.05) is 0 Å². The van der Waals surface area contributed by atoms with E-state index in [4.69, 9.17) is 20.6 Å². The summed E-state index contributed by atoms with van der Waals surface area (Å²) in [5.41, 5.74) is 0. The normalized spacial score (nSPS) is 21.1. The van der Waals surface area contributed by atoms with E-state index in [0.29, 0.717) is 0 Å². The van der Waals surface area contributed by atoms with E-state index in [0.717, 1.165) is 0 Å². The molecule has 0 bridgehead atoms. The van der Waals surface area contributed by atoms with Crippen LogP contribution in [0.15, 0.2) is 0 Å². The topological polar surface area (TPSA) is 107 Å². The van der Waals surface area contributed by atoms with Gasteiger partial charge in [-0.25, -0.2) is 4.89 Å². The van der Waals surface area contributed by atoms with Gasteiger partial charge in [0.15, 0.2) is 12.4 Å². The van der Waals surface area contributed by atoms with Crippen molar-refractivity contribution in [2.24, 2.45) is 0 Å². The van der Waals surface area contributed by atoms with Crippen LogP contribution in [0.4, 0.5) is 0 Å². The Morgan fingerprint density at radius 1 is 1.25 bits per heavy atom. The molecule has 0 fully saturated rings. The zero-order chi connectivity index (χ0) is 9.72. The lowest BCUT2D eigenvalue weighted by Crippen LogP contribution is -2.44. The Hall–Kier alpha value is -0.530. The number of rotatable bonds is 5. The summed E-state index contributed by atoms with van der Waals surface area (Å²) in [4.78, 5) is 13.6. The summed E-state index contributed by atoms with van der Waals surface area (Å²) in [5.74, 6) is 0. The average molecular weight is 180 g/mol. The molecule has 0 unspecified atom stereocenters. The molecule has 0 aromatic heterocycles. The third kappa shape index (κ3) is 2.84. The van der Waals surface area contributed by atoms with E-state index in [1.54, 1.807) is 0 Å². The van der Waals surface area contributed by atoms with Gasteiger partial charge in [0.2, 0.25) is 0 Å². The number of hydrogen-bond acceptors (Lipinski definition) is 6. The average Bonchev–Trinajstić information content (AvgIpc) is 2.05. The van der Waals surface area contributed by atoms with Gasteiger partial charge in [0.25, 0.3) is 0 Å². The molecule has 0 heterocycles. The molecule has 0 aliphatic rings. The molecule has 0 spiro atoms. The quantitative estimate of drug-likeness (QED) is 0.225. The van der Waals surface area contributed by atoms with Crippen LogP contribution in [-0.2, 0) is 9.68 Å². The maximum absolute atomic E-state index is 10.1. The van der Waals surface area contributed by atoms with Crippen LogP contribution in [0.25, 0.3) is 0 Å².